The first-order valence-electron chi connectivity index (χ1n) is 12.1. The molecule has 0 radical (unpaired) electrons. The predicted molar refractivity (Wildman–Crippen MR) is 135 cm³/mol. The number of ether oxygens (including phenoxy) is 1. The normalized spacial score (nSPS) is 15.4. The van der Waals surface area contributed by atoms with Gasteiger partial charge in [0.1, 0.15) is 0 Å². The molecule has 2 heterocycles. The number of hydrogen-bond acceptors (Lipinski definition) is 3. The van der Waals surface area contributed by atoms with Crippen molar-refractivity contribution in [3.05, 3.63) is 71.4 Å². The van der Waals surface area contributed by atoms with E-state index in [2.05, 4.69) is 62.2 Å². The Labute approximate surface area is 201 Å². The second-order valence-corrected chi connectivity index (χ2v) is 9.99. The number of rotatable bonds is 5. The molecule has 4 rings (SSSR count). The smallest absolute Gasteiger partial charge is 0.409 e. The third kappa shape index (κ3) is 5.11. The van der Waals surface area contributed by atoms with Crippen LogP contribution in [0.1, 0.15) is 56.7 Å². The van der Waals surface area contributed by atoms with Crippen LogP contribution in [0.25, 0.3) is 10.9 Å². The third-order valence-electron chi connectivity index (χ3n) is 6.71. The Bertz CT molecular complexity index is 1140. The fourth-order valence-electron chi connectivity index (χ4n) is 4.66. The molecular formula is C28H35N3O3. The Morgan fingerprint density at radius 1 is 0.971 bits per heavy atom. The van der Waals surface area contributed by atoms with Crippen LogP contribution in [-0.2, 0) is 14.9 Å². The number of benzene rings is 2. The van der Waals surface area contributed by atoms with Gasteiger partial charge < -0.3 is 19.5 Å². The Hall–Kier alpha value is -3.28. The minimum absolute atomic E-state index is 0.0549. The molecule has 1 atom stereocenters. The molecule has 1 aliphatic heterocycles. The zero-order chi connectivity index (χ0) is 24.3. The fraction of sp³-hybridized carbons (Fsp3) is 0.429. The van der Waals surface area contributed by atoms with Crippen molar-refractivity contribution in [3.8, 4) is 0 Å². The van der Waals surface area contributed by atoms with E-state index >= 15 is 0 Å². The molecule has 1 N–H and O–H groups in total. The highest BCUT2D eigenvalue weighted by atomic mass is 16.6. The van der Waals surface area contributed by atoms with E-state index in [1.165, 1.54) is 5.56 Å². The van der Waals surface area contributed by atoms with E-state index < -0.39 is 0 Å². The Kier molecular flexibility index (Phi) is 6.96. The summed E-state index contributed by atoms with van der Waals surface area (Å²) in [7, 11) is 0. The molecule has 1 aromatic heterocycles. The lowest BCUT2D eigenvalue weighted by molar-refractivity contribution is -0.133. The lowest BCUT2D eigenvalue weighted by Crippen LogP contribution is -2.50. The number of carbonyl (C=O) groups is 2. The SMILES string of the molecule is CCOC(=O)N1CCN(C(=O)C[C@@H](c2ccc(C(C)(C)C)cc2)c2c[nH]c3ccccc23)CC1. The van der Waals surface area contributed by atoms with Crippen LogP contribution in [0.4, 0.5) is 4.79 Å². The average molecular weight is 462 g/mol. The van der Waals surface area contributed by atoms with Crippen molar-refractivity contribution in [2.24, 2.45) is 0 Å². The van der Waals surface area contributed by atoms with Gasteiger partial charge in [0.25, 0.3) is 0 Å². The van der Waals surface area contributed by atoms with Crippen molar-refractivity contribution in [3.63, 3.8) is 0 Å². The summed E-state index contributed by atoms with van der Waals surface area (Å²) < 4.78 is 5.10. The van der Waals surface area contributed by atoms with Crippen LogP contribution >= 0.6 is 0 Å². The van der Waals surface area contributed by atoms with E-state index in [0.717, 1.165) is 22.0 Å². The molecule has 0 spiro atoms. The number of piperazine rings is 1. The second-order valence-electron chi connectivity index (χ2n) is 9.99. The Balaban J connectivity index is 1.57. The lowest BCUT2D eigenvalue weighted by atomic mass is 9.83. The summed E-state index contributed by atoms with van der Waals surface area (Å²) in [6.45, 7) is 10.8. The number of aromatic nitrogens is 1. The topological polar surface area (TPSA) is 65.6 Å². The number of amides is 2. The highest BCUT2D eigenvalue weighted by Gasteiger charge is 2.28. The van der Waals surface area contributed by atoms with Crippen LogP contribution in [0.5, 0.6) is 0 Å². The van der Waals surface area contributed by atoms with Gasteiger partial charge in [-0.3, -0.25) is 4.79 Å². The van der Waals surface area contributed by atoms with Gasteiger partial charge >= 0.3 is 6.09 Å². The zero-order valence-corrected chi connectivity index (χ0v) is 20.6. The summed E-state index contributed by atoms with van der Waals surface area (Å²) in [4.78, 5) is 32.4. The number of nitrogens with zero attached hydrogens (tertiary/aromatic N) is 2. The van der Waals surface area contributed by atoms with Crippen molar-refractivity contribution < 1.29 is 14.3 Å². The molecule has 0 bridgehead atoms. The highest BCUT2D eigenvalue weighted by Crippen LogP contribution is 2.35. The highest BCUT2D eigenvalue weighted by molar-refractivity contribution is 5.86. The van der Waals surface area contributed by atoms with Gasteiger partial charge in [0.15, 0.2) is 0 Å². The molecule has 34 heavy (non-hydrogen) atoms. The molecule has 6 heteroatoms. The van der Waals surface area contributed by atoms with Gasteiger partial charge in [-0.05, 0) is 35.1 Å². The number of nitrogens with one attached hydrogen (secondary N) is 1. The molecule has 3 aromatic rings. The molecule has 0 aliphatic carbocycles. The summed E-state index contributed by atoms with van der Waals surface area (Å²) in [5, 5.41) is 1.15. The first-order chi connectivity index (χ1) is 16.3. The van der Waals surface area contributed by atoms with Crippen molar-refractivity contribution in [1.29, 1.82) is 0 Å². The molecule has 0 unspecified atom stereocenters. The van der Waals surface area contributed by atoms with E-state index in [-0.39, 0.29) is 23.3 Å². The summed E-state index contributed by atoms with van der Waals surface area (Å²) >= 11 is 0. The summed E-state index contributed by atoms with van der Waals surface area (Å²) in [6, 6.07) is 16.9. The maximum atomic E-state index is 13.4. The molecule has 2 aromatic carbocycles. The monoisotopic (exact) mass is 461 g/mol. The van der Waals surface area contributed by atoms with Crippen LogP contribution in [0, 0.1) is 0 Å². The van der Waals surface area contributed by atoms with Gasteiger partial charge in [-0.25, -0.2) is 4.79 Å². The average Bonchev–Trinajstić information content (AvgIpc) is 3.26. The molecule has 1 saturated heterocycles. The minimum Gasteiger partial charge on any atom is -0.450 e. The number of aromatic amines is 1. The van der Waals surface area contributed by atoms with Crippen molar-refractivity contribution >= 4 is 22.9 Å². The van der Waals surface area contributed by atoms with Gasteiger partial charge in [0, 0.05) is 55.6 Å². The van der Waals surface area contributed by atoms with Crippen LogP contribution in [0.2, 0.25) is 0 Å². The van der Waals surface area contributed by atoms with Crippen LogP contribution < -0.4 is 0 Å². The zero-order valence-electron chi connectivity index (χ0n) is 20.6. The number of fused-ring (bicyclic) bond motifs is 1. The third-order valence-corrected chi connectivity index (χ3v) is 6.71. The van der Waals surface area contributed by atoms with Crippen LogP contribution in [0.3, 0.4) is 0 Å². The molecule has 6 nitrogen and oxygen atoms in total. The van der Waals surface area contributed by atoms with E-state index in [1.807, 2.05) is 23.2 Å². The quantitative estimate of drug-likeness (QED) is 0.562. The van der Waals surface area contributed by atoms with Crippen molar-refractivity contribution in [2.75, 3.05) is 32.8 Å². The van der Waals surface area contributed by atoms with E-state index in [0.29, 0.717) is 39.2 Å². The van der Waals surface area contributed by atoms with E-state index in [4.69, 9.17) is 4.74 Å². The maximum Gasteiger partial charge on any atom is 0.409 e. The summed E-state index contributed by atoms with van der Waals surface area (Å²) in [5.41, 5.74) is 4.69. The van der Waals surface area contributed by atoms with Gasteiger partial charge in [0.2, 0.25) is 5.91 Å². The first kappa shape index (κ1) is 23.9. The molecule has 1 fully saturated rings. The first-order valence-corrected chi connectivity index (χ1v) is 12.1. The van der Waals surface area contributed by atoms with Crippen molar-refractivity contribution in [2.45, 2.75) is 45.4 Å². The van der Waals surface area contributed by atoms with Crippen LogP contribution in [0.15, 0.2) is 54.7 Å². The molecule has 0 saturated carbocycles. The van der Waals surface area contributed by atoms with E-state index in [9.17, 15) is 9.59 Å². The second kappa shape index (κ2) is 9.92. The standard InChI is InChI=1S/C28H35N3O3/c1-5-34-27(33)31-16-14-30(15-17-31)26(32)18-23(20-10-12-21(13-11-20)28(2,3)4)24-19-29-25-9-7-6-8-22(24)25/h6-13,19,23,29H,5,14-18H2,1-4H3/t23-/m0/s1. The summed E-state index contributed by atoms with van der Waals surface area (Å²) in [5.74, 6) is 0.0550. The van der Waals surface area contributed by atoms with Gasteiger partial charge in [-0.1, -0.05) is 63.2 Å². The largest absolute Gasteiger partial charge is 0.450 e. The summed E-state index contributed by atoms with van der Waals surface area (Å²) in [6.07, 6.45) is 2.12. The van der Waals surface area contributed by atoms with Gasteiger partial charge in [-0.15, -0.1) is 0 Å². The molecule has 180 valence electrons. The Morgan fingerprint density at radius 3 is 2.26 bits per heavy atom. The number of H-pyrrole nitrogens is 1. The number of carbonyl (C=O) groups excluding carboxylic acids is 2. The van der Waals surface area contributed by atoms with Gasteiger partial charge in [-0.2, -0.15) is 0 Å². The number of hydrogen-bond donors (Lipinski definition) is 1. The number of para-hydroxylation sites is 1. The van der Waals surface area contributed by atoms with E-state index in [1.54, 1.807) is 11.8 Å². The fourth-order valence-corrected chi connectivity index (χ4v) is 4.66. The van der Waals surface area contributed by atoms with Crippen LogP contribution in [-0.4, -0.2) is 59.6 Å². The minimum atomic E-state index is -0.301. The van der Waals surface area contributed by atoms with Gasteiger partial charge in [0.05, 0.1) is 6.61 Å². The molecule has 2 amide bonds. The predicted octanol–water partition coefficient (Wildman–Crippen LogP) is 5.29. The van der Waals surface area contributed by atoms with Crippen molar-refractivity contribution in [1.82, 2.24) is 14.8 Å². The Morgan fingerprint density at radius 2 is 1.62 bits per heavy atom. The maximum absolute atomic E-state index is 13.4. The lowest BCUT2D eigenvalue weighted by Gasteiger charge is -2.34. The molecule has 1 aliphatic rings. The molecular weight excluding hydrogens is 426 g/mol.